The Morgan fingerprint density at radius 3 is 2.51 bits per heavy atom. The summed E-state index contributed by atoms with van der Waals surface area (Å²) in [4.78, 5) is 33.6. The first kappa shape index (κ1) is 29.6. The highest BCUT2D eigenvalue weighted by Gasteiger charge is 2.58. The lowest BCUT2D eigenvalue weighted by Crippen LogP contribution is -2.52. The number of primary amides is 1. The highest BCUT2D eigenvalue weighted by Crippen LogP contribution is 2.48. The fourth-order valence-corrected chi connectivity index (χ4v) is 4.80. The molecule has 0 bridgehead atoms. The van der Waals surface area contributed by atoms with Crippen LogP contribution in [0.4, 0.5) is 22.0 Å². The standard InChI is InChI=1S/C29H23F5N4O5/c1-42-20-10-17(9-16-3-2-8-36-22(16)20)25(39)37-13-28(41,29(32,33)34)21-11-19-24(43-14-27(19,12-30)26(35)40)23(38-21)15-4-6-18(31)7-5-15/h2-11,41H,12-14H2,1H3,(H2,35,40)(H,37,39)/t27-,28?/m1/s1. The first-order valence-corrected chi connectivity index (χ1v) is 12.7. The van der Waals surface area contributed by atoms with Crippen molar-refractivity contribution in [1.29, 1.82) is 0 Å². The fourth-order valence-electron chi connectivity index (χ4n) is 4.80. The van der Waals surface area contributed by atoms with Gasteiger partial charge in [0.05, 0.1) is 19.3 Å². The highest BCUT2D eigenvalue weighted by atomic mass is 19.4. The number of ether oxygens (including phenoxy) is 2. The van der Waals surface area contributed by atoms with Gasteiger partial charge in [0.1, 0.15) is 47.2 Å². The molecular formula is C29H23F5N4O5. The molecule has 14 heteroatoms. The quantitative estimate of drug-likeness (QED) is 0.262. The van der Waals surface area contributed by atoms with E-state index in [0.29, 0.717) is 17.0 Å². The Morgan fingerprint density at radius 1 is 1.16 bits per heavy atom. The van der Waals surface area contributed by atoms with E-state index in [0.717, 1.165) is 12.1 Å². The predicted molar refractivity (Wildman–Crippen MR) is 143 cm³/mol. The minimum atomic E-state index is -5.45. The molecule has 2 aromatic carbocycles. The molecule has 4 aromatic rings. The van der Waals surface area contributed by atoms with Crippen molar-refractivity contribution in [2.75, 3.05) is 26.9 Å². The molecule has 2 aromatic heterocycles. The van der Waals surface area contributed by atoms with Gasteiger partial charge in [-0.05, 0) is 48.5 Å². The predicted octanol–water partition coefficient (Wildman–Crippen LogP) is 3.71. The van der Waals surface area contributed by atoms with Crippen LogP contribution in [-0.2, 0) is 15.8 Å². The Labute approximate surface area is 240 Å². The summed E-state index contributed by atoms with van der Waals surface area (Å²) in [7, 11) is 1.33. The molecule has 3 heterocycles. The number of nitrogens with zero attached hydrogens (tertiary/aromatic N) is 2. The number of hydrogen-bond donors (Lipinski definition) is 3. The van der Waals surface area contributed by atoms with E-state index in [1.165, 1.54) is 37.6 Å². The first-order valence-electron chi connectivity index (χ1n) is 12.7. The largest absolute Gasteiger partial charge is 0.494 e. The molecule has 5 rings (SSSR count). The van der Waals surface area contributed by atoms with Crippen molar-refractivity contribution in [3.63, 3.8) is 0 Å². The molecule has 2 amide bonds. The molecule has 0 radical (unpaired) electrons. The van der Waals surface area contributed by atoms with Gasteiger partial charge in [0, 0.05) is 28.3 Å². The summed E-state index contributed by atoms with van der Waals surface area (Å²) in [5.74, 6) is -2.95. The van der Waals surface area contributed by atoms with Crippen molar-refractivity contribution in [3.05, 3.63) is 83.4 Å². The molecule has 224 valence electrons. The molecule has 2 atom stereocenters. The summed E-state index contributed by atoms with van der Waals surface area (Å²) >= 11 is 0. The van der Waals surface area contributed by atoms with Gasteiger partial charge >= 0.3 is 6.18 Å². The van der Waals surface area contributed by atoms with Crippen LogP contribution in [0.1, 0.15) is 21.6 Å². The highest BCUT2D eigenvalue weighted by molar-refractivity contribution is 6.00. The Bertz CT molecular complexity index is 1730. The van der Waals surface area contributed by atoms with E-state index < -0.39 is 60.3 Å². The third-order valence-electron chi connectivity index (χ3n) is 7.32. The van der Waals surface area contributed by atoms with Crippen LogP contribution in [-0.4, -0.2) is 60.0 Å². The van der Waals surface area contributed by atoms with Crippen LogP contribution in [0.25, 0.3) is 22.2 Å². The van der Waals surface area contributed by atoms with Gasteiger partial charge < -0.3 is 25.6 Å². The number of rotatable bonds is 8. The van der Waals surface area contributed by atoms with Gasteiger partial charge in [-0.15, -0.1) is 0 Å². The van der Waals surface area contributed by atoms with Gasteiger partial charge in [-0.25, -0.2) is 13.8 Å². The molecular weight excluding hydrogens is 579 g/mol. The van der Waals surface area contributed by atoms with E-state index in [9.17, 15) is 36.6 Å². The van der Waals surface area contributed by atoms with Crippen LogP contribution in [0.2, 0.25) is 0 Å². The van der Waals surface area contributed by atoms with Crippen LogP contribution < -0.4 is 20.5 Å². The summed E-state index contributed by atoms with van der Waals surface area (Å²) in [5.41, 5.74) is -2.01. The van der Waals surface area contributed by atoms with Crippen molar-refractivity contribution in [2.24, 2.45) is 5.73 Å². The summed E-state index contributed by atoms with van der Waals surface area (Å²) < 4.78 is 82.6. The fraction of sp³-hybridized carbons (Fsp3) is 0.241. The lowest BCUT2D eigenvalue weighted by molar-refractivity contribution is -0.265. The van der Waals surface area contributed by atoms with Gasteiger partial charge in [0.15, 0.2) is 0 Å². The van der Waals surface area contributed by atoms with E-state index in [4.69, 9.17) is 15.2 Å². The van der Waals surface area contributed by atoms with Crippen molar-refractivity contribution >= 4 is 22.7 Å². The van der Waals surface area contributed by atoms with E-state index in [-0.39, 0.29) is 33.9 Å². The molecule has 0 saturated carbocycles. The molecule has 9 nitrogen and oxygen atoms in total. The zero-order valence-electron chi connectivity index (χ0n) is 22.3. The van der Waals surface area contributed by atoms with Crippen molar-refractivity contribution in [2.45, 2.75) is 17.2 Å². The zero-order chi connectivity index (χ0) is 31.2. The molecule has 1 aliphatic rings. The van der Waals surface area contributed by atoms with E-state index in [1.54, 1.807) is 12.1 Å². The maximum absolute atomic E-state index is 14.6. The second kappa shape index (κ2) is 10.8. The Kier molecular flexibility index (Phi) is 7.42. The van der Waals surface area contributed by atoms with Crippen molar-refractivity contribution in [3.8, 4) is 22.8 Å². The Morgan fingerprint density at radius 2 is 1.88 bits per heavy atom. The lowest BCUT2D eigenvalue weighted by atomic mass is 9.81. The number of amides is 2. The topological polar surface area (TPSA) is 137 Å². The van der Waals surface area contributed by atoms with Crippen LogP contribution in [0, 0.1) is 5.82 Å². The van der Waals surface area contributed by atoms with Crippen LogP contribution in [0.15, 0.2) is 60.8 Å². The first-order chi connectivity index (χ1) is 20.3. The van der Waals surface area contributed by atoms with Crippen LogP contribution in [0.5, 0.6) is 11.5 Å². The molecule has 0 saturated heterocycles. The number of alkyl halides is 4. The van der Waals surface area contributed by atoms with E-state index in [1.807, 2.05) is 0 Å². The van der Waals surface area contributed by atoms with Crippen LogP contribution in [0.3, 0.4) is 0 Å². The Hall–Kier alpha value is -4.85. The second-order valence-corrected chi connectivity index (χ2v) is 9.90. The van der Waals surface area contributed by atoms with Gasteiger partial charge in [0.25, 0.3) is 5.91 Å². The molecule has 1 unspecified atom stereocenters. The number of carbonyl (C=O) groups is 2. The van der Waals surface area contributed by atoms with Crippen molar-refractivity contribution in [1.82, 2.24) is 15.3 Å². The average Bonchev–Trinajstić information content (AvgIpc) is 3.38. The van der Waals surface area contributed by atoms with Gasteiger partial charge in [0.2, 0.25) is 11.5 Å². The molecule has 0 aliphatic carbocycles. The number of methoxy groups -OCH3 is 1. The number of pyridine rings is 2. The number of aliphatic hydroxyl groups is 1. The number of fused-ring (bicyclic) bond motifs is 2. The van der Waals surface area contributed by atoms with E-state index in [2.05, 4.69) is 15.3 Å². The number of halogens is 5. The normalized spacial score (nSPS) is 17.6. The summed E-state index contributed by atoms with van der Waals surface area (Å²) in [6.07, 6.45) is -3.95. The third kappa shape index (κ3) is 4.96. The monoisotopic (exact) mass is 602 g/mol. The molecule has 43 heavy (non-hydrogen) atoms. The SMILES string of the molecule is COc1cc(C(=O)NCC(O)(c2cc3c(c(-c4ccc(F)cc4)n2)OC[C@@]3(CF)C(N)=O)C(F)(F)F)cc2cccnc12. The zero-order valence-corrected chi connectivity index (χ0v) is 22.3. The summed E-state index contributed by atoms with van der Waals surface area (Å²) in [5, 5.41) is 13.7. The van der Waals surface area contributed by atoms with Crippen LogP contribution >= 0.6 is 0 Å². The number of nitrogens with two attached hydrogens (primary N) is 1. The smallest absolute Gasteiger partial charge is 0.424 e. The summed E-state index contributed by atoms with van der Waals surface area (Å²) in [6.45, 7) is -3.51. The molecule has 1 aliphatic heterocycles. The molecule has 4 N–H and O–H groups in total. The number of carbonyl (C=O) groups excluding carboxylic acids is 2. The minimum Gasteiger partial charge on any atom is -0.494 e. The van der Waals surface area contributed by atoms with Gasteiger partial charge in [-0.1, -0.05) is 6.07 Å². The maximum Gasteiger partial charge on any atom is 0.424 e. The second-order valence-electron chi connectivity index (χ2n) is 9.90. The number of aromatic nitrogens is 2. The average molecular weight is 603 g/mol. The lowest BCUT2D eigenvalue weighted by Gasteiger charge is -2.31. The number of benzene rings is 2. The van der Waals surface area contributed by atoms with Gasteiger partial charge in [-0.2, -0.15) is 13.2 Å². The minimum absolute atomic E-state index is 0.0454. The van der Waals surface area contributed by atoms with Gasteiger partial charge in [-0.3, -0.25) is 14.6 Å². The van der Waals surface area contributed by atoms with Crippen molar-refractivity contribution < 1.29 is 46.1 Å². The number of hydrogen-bond acceptors (Lipinski definition) is 7. The van der Waals surface area contributed by atoms with E-state index >= 15 is 0 Å². The third-order valence-corrected chi connectivity index (χ3v) is 7.32. The molecule has 0 fully saturated rings. The number of nitrogens with one attached hydrogen (secondary N) is 1. The Balaban J connectivity index is 1.61. The molecule has 0 spiro atoms. The maximum atomic E-state index is 14.6. The summed E-state index contributed by atoms with van der Waals surface area (Å²) in [6, 6.07) is 10.9.